The molecule has 0 radical (unpaired) electrons. The molecule has 26 heavy (non-hydrogen) atoms. The van der Waals surface area contributed by atoms with E-state index < -0.39 is 0 Å². The highest BCUT2D eigenvalue weighted by Crippen LogP contribution is 2.28. The maximum Gasteiger partial charge on any atom is 0.196 e. The van der Waals surface area contributed by atoms with Gasteiger partial charge in [0.25, 0.3) is 0 Å². The highest BCUT2D eigenvalue weighted by Gasteiger charge is 2.11. The van der Waals surface area contributed by atoms with Gasteiger partial charge in [0.2, 0.25) is 0 Å². The first-order valence-corrected chi connectivity index (χ1v) is 9.83. The molecule has 0 aliphatic heterocycles. The first kappa shape index (κ1) is 17.2. The van der Waals surface area contributed by atoms with Crippen molar-refractivity contribution in [3.05, 3.63) is 65.2 Å². The van der Waals surface area contributed by atoms with Crippen molar-refractivity contribution < 1.29 is 4.74 Å². The van der Waals surface area contributed by atoms with Gasteiger partial charge in [0, 0.05) is 16.2 Å². The van der Waals surface area contributed by atoms with Crippen molar-refractivity contribution in [2.24, 2.45) is 0 Å². The summed E-state index contributed by atoms with van der Waals surface area (Å²) in [6.45, 7) is 2.75. The van der Waals surface area contributed by atoms with Gasteiger partial charge in [-0.2, -0.15) is 0 Å². The molecule has 0 aliphatic rings. The van der Waals surface area contributed by atoms with Gasteiger partial charge in [0.15, 0.2) is 10.8 Å². The molecule has 2 aromatic carbocycles. The summed E-state index contributed by atoms with van der Waals surface area (Å²) in [6.07, 6.45) is 0.935. The Morgan fingerprint density at radius 3 is 2.77 bits per heavy atom. The molecule has 4 aromatic rings. The number of para-hydroxylation sites is 1. The quantitative estimate of drug-likeness (QED) is 0.330. The second kappa shape index (κ2) is 7.56. The lowest BCUT2D eigenvalue weighted by atomic mass is 10.1. The lowest BCUT2D eigenvalue weighted by Gasteiger charge is -2.08. The molecule has 0 aliphatic carbocycles. The van der Waals surface area contributed by atoms with Crippen LogP contribution in [0.15, 0.2) is 59.8 Å². The average Bonchev–Trinajstić information content (AvgIpc) is 3.05. The zero-order valence-corrected chi connectivity index (χ0v) is 15.9. The third kappa shape index (κ3) is 3.50. The molecule has 2 aromatic heterocycles. The van der Waals surface area contributed by atoms with E-state index in [0.29, 0.717) is 6.61 Å². The number of rotatable bonds is 6. The lowest BCUT2D eigenvalue weighted by Crippen LogP contribution is -1.99. The van der Waals surface area contributed by atoms with Crippen molar-refractivity contribution in [3.63, 3.8) is 0 Å². The molecule has 0 N–H and O–H groups in total. The molecule has 132 valence electrons. The van der Waals surface area contributed by atoms with Crippen molar-refractivity contribution in [3.8, 4) is 5.75 Å². The van der Waals surface area contributed by atoms with E-state index in [1.807, 2.05) is 54.6 Å². The highest BCUT2D eigenvalue weighted by atomic mass is 35.5. The predicted octanol–water partition coefficient (Wildman–Crippen LogP) is 5.41. The Kier molecular flexibility index (Phi) is 5.00. The Morgan fingerprint density at radius 1 is 1.08 bits per heavy atom. The van der Waals surface area contributed by atoms with Crippen molar-refractivity contribution >= 4 is 39.9 Å². The standard InChI is InChI=1S/C20H18ClN3OS/c1-14-12-19-22-23-20(24(19)18-9-8-15(21)13-17(14)18)26-11-5-10-25-16-6-3-2-4-7-16/h2-4,6-9,12-13H,5,10-11H2,1H3. The fourth-order valence-electron chi connectivity index (χ4n) is 2.91. The molecule has 6 heteroatoms. The molecule has 0 amide bonds. The van der Waals surface area contributed by atoms with E-state index in [1.54, 1.807) is 11.8 Å². The number of aryl methyl sites for hydroxylation is 1. The van der Waals surface area contributed by atoms with E-state index >= 15 is 0 Å². The highest BCUT2D eigenvalue weighted by molar-refractivity contribution is 7.99. The van der Waals surface area contributed by atoms with Gasteiger partial charge in [0.1, 0.15) is 5.75 Å². The minimum atomic E-state index is 0.684. The van der Waals surface area contributed by atoms with E-state index in [4.69, 9.17) is 16.3 Å². The number of hydrogen-bond acceptors (Lipinski definition) is 4. The van der Waals surface area contributed by atoms with Gasteiger partial charge < -0.3 is 4.74 Å². The van der Waals surface area contributed by atoms with Crippen LogP contribution in [0.2, 0.25) is 5.02 Å². The summed E-state index contributed by atoms with van der Waals surface area (Å²) in [7, 11) is 0. The molecule has 0 atom stereocenters. The Bertz CT molecular complexity index is 1050. The predicted molar refractivity (Wildman–Crippen MR) is 108 cm³/mol. The minimum Gasteiger partial charge on any atom is -0.494 e. The van der Waals surface area contributed by atoms with Crippen molar-refractivity contribution in [1.82, 2.24) is 14.6 Å². The van der Waals surface area contributed by atoms with Crippen LogP contribution in [0, 0.1) is 6.92 Å². The smallest absolute Gasteiger partial charge is 0.196 e. The fraction of sp³-hybridized carbons (Fsp3) is 0.200. The summed E-state index contributed by atoms with van der Waals surface area (Å²) in [4.78, 5) is 0. The summed E-state index contributed by atoms with van der Waals surface area (Å²) in [5.74, 6) is 1.82. The number of halogens is 1. The molecule has 0 saturated heterocycles. The van der Waals surface area contributed by atoms with Gasteiger partial charge >= 0.3 is 0 Å². The third-order valence-corrected chi connectivity index (χ3v) is 5.41. The molecular formula is C20H18ClN3OS. The van der Waals surface area contributed by atoms with Crippen LogP contribution in [0.3, 0.4) is 0 Å². The molecule has 4 nitrogen and oxygen atoms in total. The molecule has 0 unspecified atom stereocenters. The number of aromatic nitrogens is 3. The largest absolute Gasteiger partial charge is 0.494 e. The second-order valence-corrected chi connectivity index (χ2v) is 7.53. The van der Waals surface area contributed by atoms with E-state index in [-0.39, 0.29) is 0 Å². The number of hydrogen-bond donors (Lipinski definition) is 0. The first-order chi connectivity index (χ1) is 12.7. The van der Waals surface area contributed by atoms with Gasteiger partial charge in [-0.25, -0.2) is 0 Å². The SMILES string of the molecule is Cc1cc2nnc(SCCCOc3ccccc3)n2c2ccc(Cl)cc12. The summed E-state index contributed by atoms with van der Waals surface area (Å²) in [5.41, 5.74) is 3.09. The van der Waals surface area contributed by atoms with Gasteiger partial charge in [0.05, 0.1) is 12.1 Å². The van der Waals surface area contributed by atoms with Gasteiger partial charge in [-0.3, -0.25) is 4.40 Å². The number of nitrogens with zero attached hydrogens (tertiary/aromatic N) is 3. The maximum absolute atomic E-state index is 6.16. The average molecular weight is 384 g/mol. The number of fused-ring (bicyclic) bond motifs is 3. The van der Waals surface area contributed by atoms with Crippen LogP contribution in [0.4, 0.5) is 0 Å². The van der Waals surface area contributed by atoms with Crippen LogP contribution in [0.5, 0.6) is 5.75 Å². The monoisotopic (exact) mass is 383 g/mol. The molecule has 0 bridgehead atoms. The number of ether oxygens (including phenoxy) is 1. The van der Waals surface area contributed by atoms with Gasteiger partial charge in [-0.15, -0.1) is 10.2 Å². The van der Waals surface area contributed by atoms with E-state index in [1.165, 1.54) is 0 Å². The summed E-state index contributed by atoms with van der Waals surface area (Å²) < 4.78 is 7.84. The van der Waals surface area contributed by atoms with Crippen molar-refractivity contribution in [1.29, 1.82) is 0 Å². The van der Waals surface area contributed by atoms with Crippen molar-refractivity contribution in [2.75, 3.05) is 12.4 Å². The van der Waals surface area contributed by atoms with Gasteiger partial charge in [-0.1, -0.05) is 41.6 Å². The van der Waals surface area contributed by atoms with Crippen LogP contribution < -0.4 is 4.74 Å². The Hall–Kier alpha value is -2.24. The van der Waals surface area contributed by atoms with Crippen LogP contribution >= 0.6 is 23.4 Å². The normalized spacial score (nSPS) is 11.3. The zero-order valence-electron chi connectivity index (χ0n) is 14.4. The molecule has 0 saturated carbocycles. The maximum atomic E-state index is 6.16. The van der Waals surface area contributed by atoms with E-state index in [2.05, 4.69) is 21.5 Å². The molecule has 0 fully saturated rings. The van der Waals surface area contributed by atoms with Crippen LogP contribution in [0.25, 0.3) is 16.6 Å². The molecule has 0 spiro atoms. The van der Waals surface area contributed by atoms with E-state index in [0.717, 1.165) is 50.2 Å². The number of pyridine rings is 1. The molecular weight excluding hydrogens is 366 g/mol. The Morgan fingerprint density at radius 2 is 1.92 bits per heavy atom. The fourth-order valence-corrected chi connectivity index (χ4v) is 3.95. The Labute approximate surface area is 161 Å². The van der Waals surface area contributed by atoms with Crippen molar-refractivity contribution in [2.45, 2.75) is 18.5 Å². The summed E-state index contributed by atoms with van der Waals surface area (Å²) >= 11 is 7.86. The van der Waals surface area contributed by atoms with Crippen LogP contribution in [-0.2, 0) is 0 Å². The van der Waals surface area contributed by atoms with Crippen LogP contribution in [0.1, 0.15) is 12.0 Å². The second-order valence-electron chi connectivity index (χ2n) is 6.03. The Balaban J connectivity index is 1.48. The summed E-state index contributed by atoms with van der Waals surface area (Å²) in [5, 5.41) is 11.4. The zero-order chi connectivity index (χ0) is 17.9. The number of thioether (sulfide) groups is 1. The third-order valence-electron chi connectivity index (χ3n) is 4.16. The lowest BCUT2D eigenvalue weighted by molar-refractivity contribution is 0.318. The minimum absolute atomic E-state index is 0.684. The van der Waals surface area contributed by atoms with E-state index in [9.17, 15) is 0 Å². The molecule has 4 rings (SSSR count). The first-order valence-electron chi connectivity index (χ1n) is 8.47. The molecule has 2 heterocycles. The topological polar surface area (TPSA) is 39.4 Å². The van der Waals surface area contributed by atoms with Crippen LogP contribution in [-0.4, -0.2) is 27.0 Å². The van der Waals surface area contributed by atoms with Gasteiger partial charge in [-0.05, 0) is 55.3 Å². The summed E-state index contributed by atoms with van der Waals surface area (Å²) in [6, 6.07) is 17.9. The number of benzene rings is 2.